The van der Waals surface area contributed by atoms with Crippen LogP contribution in [0.4, 0.5) is 0 Å². The van der Waals surface area contributed by atoms with E-state index in [9.17, 15) is 4.79 Å². The van der Waals surface area contributed by atoms with Crippen LogP contribution in [-0.2, 0) is 24.1 Å². The van der Waals surface area contributed by atoms with Gasteiger partial charge in [0.05, 0.1) is 0 Å². The first-order chi connectivity index (χ1) is 9.10. The molecule has 1 unspecified atom stereocenters. The van der Waals surface area contributed by atoms with E-state index in [1.165, 1.54) is 30.4 Å². The monoisotopic (exact) mass is 259 g/mol. The van der Waals surface area contributed by atoms with Crippen molar-refractivity contribution in [1.82, 2.24) is 0 Å². The Bertz CT molecular complexity index is 451. The maximum atomic E-state index is 12.3. The van der Waals surface area contributed by atoms with Gasteiger partial charge in [-0.1, -0.05) is 32.0 Å². The van der Waals surface area contributed by atoms with Crippen molar-refractivity contribution in [3.8, 4) is 0 Å². The van der Waals surface area contributed by atoms with E-state index < -0.39 is 0 Å². The molecule has 0 amide bonds. The number of rotatable bonds is 6. The zero-order valence-corrected chi connectivity index (χ0v) is 12.1. The molecule has 0 bridgehead atoms. The van der Waals surface area contributed by atoms with Gasteiger partial charge >= 0.3 is 0 Å². The Morgan fingerprint density at radius 1 is 1.26 bits per heavy atom. The predicted octanol–water partition coefficient (Wildman–Crippen LogP) is 2.91. The summed E-state index contributed by atoms with van der Waals surface area (Å²) in [6.45, 7) is 4.76. The topological polar surface area (TPSA) is 43.1 Å². The molecule has 0 fully saturated rings. The van der Waals surface area contributed by atoms with Gasteiger partial charge in [0, 0.05) is 18.9 Å². The van der Waals surface area contributed by atoms with Gasteiger partial charge in [-0.05, 0) is 48.3 Å². The van der Waals surface area contributed by atoms with Crippen molar-refractivity contribution in [2.75, 3.05) is 6.54 Å². The first kappa shape index (κ1) is 14.3. The Hall–Kier alpha value is -1.15. The average molecular weight is 259 g/mol. The number of Topliss-reactive ketones (excluding diaryl/α,β-unsaturated/α-hetero) is 1. The molecule has 1 aliphatic rings. The van der Waals surface area contributed by atoms with Gasteiger partial charge in [0.1, 0.15) is 5.78 Å². The molecule has 104 valence electrons. The smallest absolute Gasteiger partial charge is 0.141 e. The summed E-state index contributed by atoms with van der Waals surface area (Å²) < 4.78 is 0. The molecule has 1 aliphatic carbocycles. The number of hydrogen-bond acceptors (Lipinski definition) is 2. The second-order valence-corrected chi connectivity index (χ2v) is 6.16. The highest BCUT2D eigenvalue weighted by molar-refractivity contribution is 5.83. The highest BCUT2D eigenvalue weighted by atomic mass is 16.1. The van der Waals surface area contributed by atoms with Gasteiger partial charge in [0.25, 0.3) is 0 Å². The lowest BCUT2D eigenvalue weighted by molar-refractivity contribution is -0.122. The molecule has 1 atom stereocenters. The van der Waals surface area contributed by atoms with Crippen molar-refractivity contribution in [1.29, 1.82) is 0 Å². The van der Waals surface area contributed by atoms with Crippen LogP contribution in [0, 0.1) is 11.8 Å². The molecule has 0 saturated carbocycles. The normalized spacial score (nSPS) is 15.6. The molecule has 1 aromatic rings. The Kier molecular flexibility index (Phi) is 4.76. The Labute approximate surface area is 116 Å². The molecular formula is C17H25NO. The van der Waals surface area contributed by atoms with E-state index in [1.807, 2.05) is 0 Å². The highest BCUT2D eigenvalue weighted by Crippen LogP contribution is 2.23. The van der Waals surface area contributed by atoms with Gasteiger partial charge < -0.3 is 5.73 Å². The quantitative estimate of drug-likeness (QED) is 0.853. The fourth-order valence-electron chi connectivity index (χ4n) is 3.01. The van der Waals surface area contributed by atoms with Crippen LogP contribution in [0.15, 0.2) is 18.2 Å². The van der Waals surface area contributed by atoms with Crippen LogP contribution in [-0.4, -0.2) is 12.3 Å². The van der Waals surface area contributed by atoms with E-state index in [0.717, 1.165) is 12.0 Å². The molecule has 0 saturated heterocycles. The lowest BCUT2D eigenvalue weighted by Crippen LogP contribution is -2.26. The fraction of sp³-hybridized carbons (Fsp3) is 0.588. The maximum Gasteiger partial charge on any atom is 0.141 e. The van der Waals surface area contributed by atoms with Crippen LogP contribution in [0.3, 0.4) is 0 Å². The molecule has 1 aromatic carbocycles. The molecule has 19 heavy (non-hydrogen) atoms. The molecule has 0 spiro atoms. The van der Waals surface area contributed by atoms with Crippen molar-refractivity contribution < 1.29 is 4.79 Å². The van der Waals surface area contributed by atoms with E-state index in [-0.39, 0.29) is 5.92 Å². The van der Waals surface area contributed by atoms with E-state index in [0.29, 0.717) is 24.7 Å². The van der Waals surface area contributed by atoms with Crippen LogP contribution >= 0.6 is 0 Å². The summed E-state index contributed by atoms with van der Waals surface area (Å²) in [4.78, 5) is 12.3. The molecule has 2 nitrogen and oxygen atoms in total. The lowest BCUT2D eigenvalue weighted by atomic mass is 9.89. The van der Waals surface area contributed by atoms with Gasteiger partial charge in [-0.3, -0.25) is 4.79 Å². The third kappa shape index (κ3) is 3.66. The first-order valence-electron chi connectivity index (χ1n) is 7.43. The third-order valence-corrected chi connectivity index (χ3v) is 4.04. The van der Waals surface area contributed by atoms with Gasteiger partial charge in [-0.2, -0.15) is 0 Å². The number of benzene rings is 1. The largest absolute Gasteiger partial charge is 0.330 e. The molecular weight excluding hydrogens is 234 g/mol. The van der Waals surface area contributed by atoms with E-state index >= 15 is 0 Å². The summed E-state index contributed by atoms with van der Waals surface area (Å²) in [5.41, 5.74) is 9.81. The van der Waals surface area contributed by atoms with Crippen LogP contribution in [0.1, 0.15) is 43.4 Å². The molecule has 0 heterocycles. The number of hydrogen-bond donors (Lipinski definition) is 1. The number of fused-ring (bicyclic) bond motifs is 1. The number of carbonyl (C=O) groups is 1. The number of nitrogens with two attached hydrogens (primary N) is 1. The summed E-state index contributed by atoms with van der Waals surface area (Å²) in [5, 5.41) is 0. The van der Waals surface area contributed by atoms with Crippen LogP contribution < -0.4 is 5.73 Å². The summed E-state index contributed by atoms with van der Waals surface area (Å²) >= 11 is 0. The zero-order chi connectivity index (χ0) is 13.8. The van der Waals surface area contributed by atoms with Crippen molar-refractivity contribution >= 4 is 5.78 Å². The molecule has 0 aromatic heterocycles. The van der Waals surface area contributed by atoms with Gasteiger partial charge in [-0.25, -0.2) is 0 Å². The van der Waals surface area contributed by atoms with E-state index in [4.69, 9.17) is 5.73 Å². The molecule has 2 heteroatoms. The maximum absolute atomic E-state index is 12.3. The average Bonchev–Trinajstić information content (AvgIpc) is 2.82. The lowest BCUT2D eigenvalue weighted by Gasteiger charge is -2.16. The van der Waals surface area contributed by atoms with Gasteiger partial charge in [0.2, 0.25) is 0 Å². The summed E-state index contributed by atoms with van der Waals surface area (Å²) in [6, 6.07) is 6.54. The number of ketones is 1. The second-order valence-electron chi connectivity index (χ2n) is 6.16. The molecule has 2 rings (SSSR count). The number of carbonyl (C=O) groups excluding carboxylic acids is 1. The fourth-order valence-corrected chi connectivity index (χ4v) is 3.01. The molecule has 0 radical (unpaired) electrons. The van der Waals surface area contributed by atoms with Gasteiger partial charge in [-0.15, -0.1) is 0 Å². The minimum Gasteiger partial charge on any atom is -0.330 e. The van der Waals surface area contributed by atoms with Crippen molar-refractivity contribution in [3.63, 3.8) is 0 Å². The summed E-state index contributed by atoms with van der Waals surface area (Å²) in [6.07, 6.45) is 5.07. The zero-order valence-electron chi connectivity index (χ0n) is 12.1. The summed E-state index contributed by atoms with van der Waals surface area (Å²) in [5.74, 6) is 0.847. The predicted molar refractivity (Wildman–Crippen MR) is 79.2 cm³/mol. The Balaban J connectivity index is 2.01. The Morgan fingerprint density at radius 3 is 2.68 bits per heavy atom. The van der Waals surface area contributed by atoms with E-state index in [2.05, 4.69) is 32.0 Å². The SMILES string of the molecule is CC(C)CC(CN)C(=O)Cc1ccc2c(c1)CCC2. The minimum atomic E-state index is 0.0215. The van der Waals surface area contributed by atoms with Crippen LogP contribution in [0.5, 0.6) is 0 Å². The van der Waals surface area contributed by atoms with Crippen molar-refractivity contribution in [2.24, 2.45) is 17.6 Å². The van der Waals surface area contributed by atoms with Crippen LogP contribution in [0.2, 0.25) is 0 Å². The van der Waals surface area contributed by atoms with Crippen LogP contribution in [0.25, 0.3) is 0 Å². The third-order valence-electron chi connectivity index (χ3n) is 4.04. The molecule has 0 aliphatic heterocycles. The second kappa shape index (κ2) is 6.33. The number of aryl methyl sites for hydroxylation is 2. The first-order valence-corrected chi connectivity index (χ1v) is 7.43. The van der Waals surface area contributed by atoms with E-state index in [1.54, 1.807) is 0 Å². The minimum absolute atomic E-state index is 0.0215. The van der Waals surface area contributed by atoms with Crippen molar-refractivity contribution in [3.05, 3.63) is 34.9 Å². The highest BCUT2D eigenvalue weighted by Gasteiger charge is 2.19. The Morgan fingerprint density at radius 2 is 2.00 bits per heavy atom. The van der Waals surface area contributed by atoms with Crippen molar-refractivity contribution in [2.45, 2.75) is 46.0 Å². The van der Waals surface area contributed by atoms with Gasteiger partial charge in [0.15, 0.2) is 0 Å². The summed E-state index contributed by atoms with van der Waals surface area (Å²) in [7, 11) is 0. The standard InChI is InChI=1S/C17H25NO/c1-12(2)8-16(11-18)17(19)10-13-6-7-14-4-3-5-15(14)9-13/h6-7,9,12,16H,3-5,8,10-11,18H2,1-2H3. The molecule has 2 N–H and O–H groups in total.